The Morgan fingerprint density at radius 2 is 1.00 bits per heavy atom. The Bertz CT molecular complexity index is 1120. The number of carbonyl (C=O) groups is 4. The Balaban J connectivity index is 1.90. The first-order chi connectivity index (χ1) is 17.0. The maximum atomic E-state index is 12.8. The van der Waals surface area contributed by atoms with Crippen LogP contribution in [0.25, 0.3) is 0 Å². The maximum Gasteiger partial charge on any atom is 0.338 e. The van der Waals surface area contributed by atoms with Crippen molar-refractivity contribution < 1.29 is 38.5 Å². The van der Waals surface area contributed by atoms with Crippen LogP contribution >= 0.6 is 0 Å². The van der Waals surface area contributed by atoms with E-state index in [0.717, 1.165) is 0 Å². The number of hydrogen-bond acceptors (Lipinski definition) is 8. The number of hydrogen-bond donors (Lipinski definition) is 1. The van der Waals surface area contributed by atoms with Crippen LogP contribution in [0.5, 0.6) is 0 Å². The van der Waals surface area contributed by atoms with Gasteiger partial charge in [-0.2, -0.15) is 0 Å². The van der Waals surface area contributed by atoms with E-state index < -0.39 is 42.8 Å². The van der Waals surface area contributed by atoms with E-state index in [9.17, 15) is 24.3 Å². The Hall–Kier alpha value is -4.30. The van der Waals surface area contributed by atoms with Crippen LogP contribution in [0.15, 0.2) is 91.0 Å². The Morgan fingerprint density at radius 1 is 0.629 bits per heavy atom. The summed E-state index contributed by atoms with van der Waals surface area (Å²) in [6, 6.07) is 24.0. The summed E-state index contributed by atoms with van der Waals surface area (Å²) in [5, 5.41) is 10.0. The fourth-order valence-electron chi connectivity index (χ4n) is 3.27. The minimum atomic E-state index is -1.47. The molecule has 0 saturated carbocycles. The molecule has 0 aromatic heterocycles. The normalized spacial score (nSPS) is 13.1. The smallest absolute Gasteiger partial charge is 0.338 e. The molecular weight excluding hydrogens is 452 g/mol. The summed E-state index contributed by atoms with van der Waals surface area (Å²) in [6.07, 6.45) is -4.12. The third kappa shape index (κ3) is 7.09. The highest BCUT2D eigenvalue weighted by Crippen LogP contribution is 2.20. The van der Waals surface area contributed by atoms with Crippen LogP contribution in [0.1, 0.15) is 37.5 Å². The zero-order chi connectivity index (χ0) is 25.0. The van der Waals surface area contributed by atoms with E-state index in [1.807, 2.05) is 0 Å². The number of aldehydes is 1. The molecule has 3 atom stereocenters. The van der Waals surface area contributed by atoms with Crippen LogP contribution in [0, 0.1) is 0 Å². The first-order valence-electron chi connectivity index (χ1n) is 10.9. The van der Waals surface area contributed by atoms with Crippen LogP contribution in [0.3, 0.4) is 0 Å². The summed E-state index contributed by atoms with van der Waals surface area (Å²) in [6.45, 7) is -0.760. The van der Waals surface area contributed by atoms with Gasteiger partial charge >= 0.3 is 17.9 Å². The molecule has 0 unspecified atom stereocenters. The molecular formula is C27H24O8. The molecule has 1 N–H and O–H groups in total. The molecule has 0 saturated heterocycles. The van der Waals surface area contributed by atoms with Gasteiger partial charge in [-0.05, 0) is 36.4 Å². The zero-order valence-electron chi connectivity index (χ0n) is 18.7. The van der Waals surface area contributed by atoms with Crippen molar-refractivity contribution in [1.29, 1.82) is 0 Å². The third-order valence-electron chi connectivity index (χ3n) is 5.03. The SMILES string of the molecule is O=CC[C@@H](OC(=O)c1ccccc1)[C@H](OC(=O)c1ccccc1)[C@@H](CO)OC(=O)c1ccccc1. The van der Waals surface area contributed by atoms with E-state index in [2.05, 4.69) is 0 Å². The average Bonchev–Trinajstić information content (AvgIpc) is 2.91. The van der Waals surface area contributed by atoms with Crippen LogP contribution in [-0.2, 0) is 19.0 Å². The van der Waals surface area contributed by atoms with E-state index in [1.54, 1.807) is 54.6 Å². The van der Waals surface area contributed by atoms with Gasteiger partial charge in [0.2, 0.25) is 0 Å². The van der Waals surface area contributed by atoms with Crippen molar-refractivity contribution >= 4 is 24.2 Å². The van der Waals surface area contributed by atoms with Crippen molar-refractivity contribution in [3.05, 3.63) is 108 Å². The third-order valence-corrected chi connectivity index (χ3v) is 5.03. The average molecular weight is 476 g/mol. The van der Waals surface area contributed by atoms with Gasteiger partial charge in [-0.25, -0.2) is 14.4 Å². The van der Waals surface area contributed by atoms with Gasteiger partial charge in [0.25, 0.3) is 0 Å². The van der Waals surface area contributed by atoms with Gasteiger partial charge < -0.3 is 24.1 Å². The second-order valence-corrected chi connectivity index (χ2v) is 7.44. The van der Waals surface area contributed by atoms with Crippen molar-refractivity contribution in [1.82, 2.24) is 0 Å². The van der Waals surface area contributed by atoms with Crippen LogP contribution in [0.4, 0.5) is 0 Å². The van der Waals surface area contributed by atoms with Gasteiger partial charge in [0.15, 0.2) is 12.2 Å². The van der Waals surface area contributed by atoms with Gasteiger partial charge in [0.05, 0.1) is 23.3 Å². The first-order valence-corrected chi connectivity index (χ1v) is 10.9. The molecule has 0 aliphatic heterocycles. The number of aliphatic hydroxyl groups excluding tert-OH is 1. The molecule has 3 aromatic rings. The summed E-state index contributed by atoms with van der Waals surface area (Å²) in [5.74, 6) is -2.37. The van der Waals surface area contributed by atoms with E-state index in [0.29, 0.717) is 6.29 Å². The predicted octanol–water partition coefficient (Wildman–Crippen LogP) is 3.24. The Kier molecular flexibility index (Phi) is 9.27. The summed E-state index contributed by atoms with van der Waals surface area (Å²) < 4.78 is 16.5. The largest absolute Gasteiger partial charge is 0.454 e. The fraction of sp³-hybridized carbons (Fsp3) is 0.185. The molecule has 3 rings (SSSR count). The van der Waals surface area contributed by atoms with Crippen molar-refractivity contribution in [2.24, 2.45) is 0 Å². The molecule has 0 amide bonds. The topological polar surface area (TPSA) is 116 Å². The molecule has 0 aliphatic carbocycles. The van der Waals surface area contributed by atoms with E-state index in [1.165, 1.54) is 36.4 Å². The maximum absolute atomic E-state index is 12.8. The monoisotopic (exact) mass is 476 g/mol. The van der Waals surface area contributed by atoms with Gasteiger partial charge in [0.1, 0.15) is 12.4 Å². The highest BCUT2D eigenvalue weighted by atomic mass is 16.6. The van der Waals surface area contributed by atoms with Gasteiger partial charge in [-0.1, -0.05) is 54.6 Å². The molecule has 0 radical (unpaired) electrons. The van der Waals surface area contributed by atoms with Gasteiger partial charge in [0, 0.05) is 6.42 Å². The second kappa shape index (κ2) is 12.8. The van der Waals surface area contributed by atoms with Crippen LogP contribution in [-0.4, -0.2) is 54.2 Å². The highest BCUT2D eigenvalue weighted by molar-refractivity contribution is 5.91. The quantitative estimate of drug-likeness (QED) is 0.255. The summed E-state index contributed by atoms with van der Waals surface area (Å²) in [5.41, 5.74) is 0.591. The van der Waals surface area contributed by atoms with Crippen molar-refractivity contribution in [3.8, 4) is 0 Å². The lowest BCUT2D eigenvalue weighted by Gasteiger charge is -2.31. The number of aliphatic hydroxyl groups is 1. The standard InChI is InChI=1S/C27H24O8/c28-17-16-22(33-25(30)19-10-4-1-5-11-19)24(35-27(32)21-14-8-3-9-15-21)23(18-29)34-26(31)20-12-6-2-7-13-20/h1-15,17,22-24,29H,16,18H2/t22-,23-,24+/m1/s1. The zero-order valence-corrected chi connectivity index (χ0v) is 18.7. The number of ether oxygens (including phenoxy) is 3. The predicted molar refractivity (Wildman–Crippen MR) is 125 cm³/mol. The molecule has 0 spiro atoms. The second-order valence-electron chi connectivity index (χ2n) is 7.44. The molecule has 180 valence electrons. The number of carbonyl (C=O) groups excluding carboxylic acids is 4. The lowest BCUT2D eigenvalue weighted by molar-refractivity contribution is -0.119. The van der Waals surface area contributed by atoms with Crippen molar-refractivity contribution in [2.45, 2.75) is 24.7 Å². The Morgan fingerprint density at radius 3 is 1.37 bits per heavy atom. The van der Waals surface area contributed by atoms with E-state index in [4.69, 9.17) is 14.2 Å². The fourth-order valence-corrected chi connectivity index (χ4v) is 3.27. The van der Waals surface area contributed by atoms with E-state index in [-0.39, 0.29) is 23.1 Å². The van der Waals surface area contributed by atoms with Crippen LogP contribution < -0.4 is 0 Å². The molecule has 0 aliphatic rings. The molecule has 0 fully saturated rings. The number of rotatable bonds is 11. The van der Waals surface area contributed by atoms with Gasteiger partial charge in [-0.3, -0.25) is 0 Å². The molecule has 8 nitrogen and oxygen atoms in total. The molecule has 8 heteroatoms. The lowest BCUT2D eigenvalue weighted by atomic mass is 10.0. The minimum Gasteiger partial charge on any atom is -0.454 e. The number of esters is 3. The highest BCUT2D eigenvalue weighted by Gasteiger charge is 2.38. The summed E-state index contributed by atoms with van der Waals surface area (Å²) in [4.78, 5) is 49.6. The molecule has 0 heterocycles. The lowest BCUT2D eigenvalue weighted by Crippen LogP contribution is -2.47. The molecule has 35 heavy (non-hydrogen) atoms. The summed E-state index contributed by atoms with van der Waals surface area (Å²) in [7, 11) is 0. The Labute approximate surface area is 202 Å². The van der Waals surface area contributed by atoms with Crippen molar-refractivity contribution in [3.63, 3.8) is 0 Å². The van der Waals surface area contributed by atoms with Gasteiger partial charge in [-0.15, -0.1) is 0 Å². The molecule has 0 bridgehead atoms. The van der Waals surface area contributed by atoms with Crippen LogP contribution in [0.2, 0.25) is 0 Å². The van der Waals surface area contributed by atoms with E-state index >= 15 is 0 Å². The first kappa shape index (κ1) is 25.3. The molecule has 3 aromatic carbocycles. The van der Waals surface area contributed by atoms with Crippen molar-refractivity contribution in [2.75, 3.05) is 6.61 Å². The number of benzene rings is 3. The summed E-state index contributed by atoms with van der Waals surface area (Å²) >= 11 is 0. The minimum absolute atomic E-state index is 0.183.